The first-order chi connectivity index (χ1) is 19.4. The molecule has 0 heterocycles. The summed E-state index contributed by atoms with van der Waals surface area (Å²) < 4.78 is 5.56. The summed E-state index contributed by atoms with van der Waals surface area (Å²) in [5.74, 6) is -0.635. The van der Waals surface area contributed by atoms with E-state index < -0.39 is 5.91 Å². The lowest BCUT2D eigenvalue weighted by molar-refractivity contribution is 0.101. The molecule has 5 aromatic rings. The molecule has 0 atom stereocenters. The number of phenols is 1. The predicted octanol–water partition coefficient (Wildman–Crippen LogP) is 7.78. The number of ether oxygens (including phenoxy) is 1. The number of para-hydroxylation sites is 1. The molecule has 0 saturated heterocycles. The number of phenolic OH excluding ortho intramolecular Hbond substituents is 1. The summed E-state index contributed by atoms with van der Waals surface area (Å²) in [6.07, 6.45) is 0. The molecule has 0 saturated carbocycles. The molecule has 8 nitrogen and oxygen atoms in total. The molecule has 5 aromatic carbocycles. The van der Waals surface area contributed by atoms with Gasteiger partial charge in [-0.15, -0.1) is 10.2 Å². The zero-order valence-corrected chi connectivity index (χ0v) is 21.9. The maximum Gasteiger partial charge on any atom is 0.259 e. The van der Waals surface area contributed by atoms with E-state index in [1.165, 1.54) is 7.11 Å². The molecule has 198 valence electrons. The van der Waals surface area contributed by atoms with E-state index in [2.05, 4.69) is 20.9 Å². The van der Waals surface area contributed by atoms with Crippen molar-refractivity contribution >= 4 is 45.3 Å². The van der Waals surface area contributed by atoms with Gasteiger partial charge >= 0.3 is 0 Å². The van der Waals surface area contributed by atoms with Gasteiger partial charge in [0.05, 0.1) is 12.7 Å². The fourth-order valence-electron chi connectivity index (χ4n) is 4.31. The standard InChI is InChI=1S/C32H26N4O4/c1-20-17-24(34-31(38)21-11-5-3-6-12-21)19-27(40-2)28(20)35-36-29-25-16-10-9-13-22(25)18-26(30(29)37)32(39)33-23-14-7-4-8-15-23/h3-19,37H,1-2H3,(H,33,39)(H,34,38). The molecule has 0 aliphatic carbocycles. The Morgan fingerprint density at radius 1 is 0.725 bits per heavy atom. The minimum atomic E-state index is -0.474. The quantitative estimate of drug-likeness (QED) is 0.186. The number of hydrogen-bond acceptors (Lipinski definition) is 6. The molecule has 5 rings (SSSR count). The van der Waals surface area contributed by atoms with Crippen LogP contribution >= 0.6 is 0 Å². The van der Waals surface area contributed by atoms with Crippen molar-refractivity contribution in [2.75, 3.05) is 17.7 Å². The summed E-state index contributed by atoms with van der Waals surface area (Å²) in [6.45, 7) is 1.82. The van der Waals surface area contributed by atoms with Crippen molar-refractivity contribution in [3.63, 3.8) is 0 Å². The number of anilines is 2. The van der Waals surface area contributed by atoms with Crippen LogP contribution in [0.5, 0.6) is 11.5 Å². The van der Waals surface area contributed by atoms with E-state index in [4.69, 9.17) is 4.74 Å². The molecule has 0 fully saturated rings. The van der Waals surface area contributed by atoms with Gasteiger partial charge in [-0.05, 0) is 54.3 Å². The Labute approximate surface area is 231 Å². The molecule has 3 N–H and O–H groups in total. The monoisotopic (exact) mass is 530 g/mol. The van der Waals surface area contributed by atoms with Gasteiger partial charge in [0.1, 0.15) is 17.1 Å². The van der Waals surface area contributed by atoms with Gasteiger partial charge in [-0.25, -0.2) is 0 Å². The first-order valence-electron chi connectivity index (χ1n) is 12.5. The maximum atomic E-state index is 13.1. The summed E-state index contributed by atoms with van der Waals surface area (Å²) in [7, 11) is 1.50. The third-order valence-electron chi connectivity index (χ3n) is 6.30. The number of aryl methyl sites for hydroxylation is 1. The minimum Gasteiger partial charge on any atom is -0.505 e. The van der Waals surface area contributed by atoms with Crippen LogP contribution in [-0.2, 0) is 0 Å². The third kappa shape index (κ3) is 5.51. The van der Waals surface area contributed by atoms with E-state index in [0.717, 1.165) is 5.39 Å². The number of carbonyl (C=O) groups excluding carboxylic acids is 2. The number of benzene rings is 5. The third-order valence-corrected chi connectivity index (χ3v) is 6.30. The number of nitrogens with zero attached hydrogens (tertiary/aromatic N) is 2. The summed E-state index contributed by atoms with van der Waals surface area (Å²) in [4.78, 5) is 25.7. The van der Waals surface area contributed by atoms with Gasteiger partial charge in [-0.3, -0.25) is 9.59 Å². The predicted molar refractivity (Wildman–Crippen MR) is 156 cm³/mol. The van der Waals surface area contributed by atoms with E-state index in [-0.39, 0.29) is 22.9 Å². The smallest absolute Gasteiger partial charge is 0.259 e. The van der Waals surface area contributed by atoms with Crippen LogP contribution in [0.15, 0.2) is 113 Å². The summed E-state index contributed by atoms with van der Waals surface area (Å²) in [6, 6.07) is 30.2. The largest absolute Gasteiger partial charge is 0.505 e. The number of hydrogen-bond donors (Lipinski definition) is 3. The highest BCUT2D eigenvalue weighted by molar-refractivity contribution is 6.11. The first kappa shape index (κ1) is 26.1. The molecule has 40 heavy (non-hydrogen) atoms. The SMILES string of the molecule is COc1cc(NC(=O)c2ccccc2)cc(C)c1N=Nc1c(O)c(C(=O)Nc2ccccc2)cc2ccccc12. The Balaban J connectivity index is 1.50. The lowest BCUT2D eigenvalue weighted by atomic mass is 10.0. The van der Waals surface area contributed by atoms with Gasteiger partial charge in [-0.2, -0.15) is 0 Å². The van der Waals surface area contributed by atoms with Crippen LogP contribution in [0.3, 0.4) is 0 Å². The maximum absolute atomic E-state index is 13.1. The van der Waals surface area contributed by atoms with Gasteiger partial charge in [0, 0.05) is 28.4 Å². The Morgan fingerprint density at radius 2 is 1.35 bits per heavy atom. The molecular formula is C32H26N4O4. The fraction of sp³-hybridized carbons (Fsp3) is 0.0625. The van der Waals surface area contributed by atoms with Crippen molar-refractivity contribution < 1.29 is 19.4 Å². The first-order valence-corrected chi connectivity index (χ1v) is 12.5. The lowest BCUT2D eigenvalue weighted by Gasteiger charge is -2.13. The molecule has 0 radical (unpaired) electrons. The normalized spacial score (nSPS) is 10.9. The van der Waals surface area contributed by atoms with Gasteiger partial charge in [-0.1, -0.05) is 60.7 Å². The van der Waals surface area contributed by atoms with Crippen LogP contribution in [0.4, 0.5) is 22.7 Å². The molecule has 0 aromatic heterocycles. The Bertz CT molecular complexity index is 1740. The highest BCUT2D eigenvalue weighted by Crippen LogP contribution is 2.41. The van der Waals surface area contributed by atoms with Crippen LogP contribution in [0.25, 0.3) is 10.8 Å². The number of fused-ring (bicyclic) bond motifs is 1. The topological polar surface area (TPSA) is 112 Å². The number of methoxy groups -OCH3 is 1. The molecule has 0 aliphatic rings. The number of carbonyl (C=O) groups is 2. The Kier molecular flexibility index (Phi) is 7.50. The highest BCUT2D eigenvalue weighted by Gasteiger charge is 2.19. The number of nitrogens with one attached hydrogen (secondary N) is 2. The zero-order valence-electron chi connectivity index (χ0n) is 21.9. The van der Waals surface area contributed by atoms with Crippen molar-refractivity contribution in [3.05, 3.63) is 120 Å². The van der Waals surface area contributed by atoms with Gasteiger partial charge in [0.25, 0.3) is 11.8 Å². The number of aromatic hydroxyl groups is 1. The average molecular weight is 531 g/mol. The van der Waals surface area contributed by atoms with E-state index in [9.17, 15) is 14.7 Å². The second kappa shape index (κ2) is 11.5. The van der Waals surface area contributed by atoms with Gasteiger partial charge < -0.3 is 20.5 Å². The Morgan fingerprint density at radius 3 is 2.08 bits per heavy atom. The molecule has 0 aliphatic heterocycles. The number of azo groups is 1. The molecule has 0 bridgehead atoms. The minimum absolute atomic E-state index is 0.0687. The van der Waals surface area contributed by atoms with Crippen LogP contribution < -0.4 is 15.4 Å². The van der Waals surface area contributed by atoms with Crippen LogP contribution in [-0.4, -0.2) is 24.0 Å². The van der Waals surface area contributed by atoms with E-state index in [1.54, 1.807) is 60.7 Å². The van der Waals surface area contributed by atoms with Crippen molar-refractivity contribution in [3.8, 4) is 11.5 Å². The van der Waals surface area contributed by atoms with Gasteiger partial charge in [0.15, 0.2) is 5.75 Å². The van der Waals surface area contributed by atoms with E-state index in [1.807, 2.05) is 49.4 Å². The van der Waals surface area contributed by atoms with E-state index >= 15 is 0 Å². The molecule has 8 heteroatoms. The van der Waals surface area contributed by atoms with Crippen molar-refractivity contribution in [1.29, 1.82) is 0 Å². The summed E-state index contributed by atoms with van der Waals surface area (Å²) in [5.41, 5.74) is 2.99. The van der Waals surface area contributed by atoms with Crippen molar-refractivity contribution in [2.45, 2.75) is 6.92 Å². The Hall–Kier alpha value is -5.50. The highest BCUT2D eigenvalue weighted by atomic mass is 16.5. The number of rotatable bonds is 7. The second-order valence-corrected chi connectivity index (χ2v) is 9.03. The molecular weight excluding hydrogens is 504 g/mol. The lowest BCUT2D eigenvalue weighted by Crippen LogP contribution is -2.12. The second-order valence-electron chi connectivity index (χ2n) is 9.03. The van der Waals surface area contributed by atoms with Gasteiger partial charge in [0.2, 0.25) is 0 Å². The molecule has 0 spiro atoms. The van der Waals surface area contributed by atoms with Crippen LogP contribution in [0.2, 0.25) is 0 Å². The average Bonchev–Trinajstić information content (AvgIpc) is 2.97. The summed E-state index contributed by atoms with van der Waals surface area (Å²) >= 11 is 0. The molecule has 2 amide bonds. The van der Waals surface area contributed by atoms with Crippen LogP contribution in [0, 0.1) is 6.92 Å². The molecule has 0 unspecified atom stereocenters. The van der Waals surface area contributed by atoms with Crippen LogP contribution in [0.1, 0.15) is 26.3 Å². The fourth-order valence-corrected chi connectivity index (χ4v) is 4.31. The zero-order chi connectivity index (χ0) is 28.1. The summed E-state index contributed by atoms with van der Waals surface area (Å²) in [5, 5.41) is 27.0. The number of amides is 2. The van der Waals surface area contributed by atoms with Crippen molar-refractivity contribution in [1.82, 2.24) is 0 Å². The van der Waals surface area contributed by atoms with E-state index in [0.29, 0.717) is 39.3 Å². The van der Waals surface area contributed by atoms with Crippen molar-refractivity contribution in [2.24, 2.45) is 10.2 Å².